The van der Waals surface area contributed by atoms with Crippen molar-refractivity contribution in [2.24, 2.45) is 15.7 Å². The Hall–Kier alpha value is -1.56. The second-order valence-corrected chi connectivity index (χ2v) is 5.01. The number of aliphatic imine (C=N–C) groups is 2. The highest BCUT2D eigenvalue weighted by Gasteiger charge is 2.11. The normalized spacial score (nSPS) is 22.5. The van der Waals surface area contributed by atoms with Crippen molar-refractivity contribution in [3.63, 3.8) is 0 Å². The van der Waals surface area contributed by atoms with Crippen molar-refractivity contribution >= 4 is 23.3 Å². The standard InChI is InChI=1S/C10H15N5S/c1-6-3-4-8(16-6)5-12-10-14-7(2)13-9(11)15-10/h3-4,7H,5H2,1-2H3,(H4,11,12,13,14,15). The summed E-state index contributed by atoms with van der Waals surface area (Å²) in [4.78, 5) is 11.0. The van der Waals surface area contributed by atoms with Gasteiger partial charge in [-0.05, 0) is 26.0 Å². The molecule has 1 aromatic rings. The van der Waals surface area contributed by atoms with Crippen LogP contribution < -0.4 is 16.4 Å². The van der Waals surface area contributed by atoms with Gasteiger partial charge in [0, 0.05) is 9.75 Å². The highest BCUT2D eigenvalue weighted by atomic mass is 32.1. The Labute approximate surface area is 98.5 Å². The first-order valence-corrected chi connectivity index (χ1v) is 5.92. The van der Waals surface area contributed by atoms with Gasteiger partial charge < -0.3 is 11.1 Å². The Kier molecular flexibility index (Phi) is 3.09. The smallest absolute Gasteiger partial charge is 0.200 e. The Bertz CT molecular complexity index is 434. The van der Waals surface area contributed by atoms with E-state index in [-0.39, 0.29) is 6.17 Å². The summed E-state index contributed by atoms with van der Waals surface area (Å²) in [6, 6.07) is 4.19. The summed E-state index contributed by atoms with van der Waals surface area (Å²) in [5.74, 6) is 1.10. The molecular weight excluding hydrogens is 222 g/mol. The molecule has 1 aromatic heterocycles. The molecule has 1 atom stereocenters. The summed E-state index contributed by atoms with van der Waals surface area (Å²) in [6.45, 7) is 4.68. The van der Waals surface area contributed by atoms with E-state index in [1.54, 1.807) is 11.3 Å². The van der Waals surface area contributed by atoms with Crippen LogP contribution in [0.1, 0.15) is 16.7 Å². The zero-order valence-electron chi connectivity index (χ0n) is 9.32. The van der Waals surface area contributed by atoms with E-state index in [4.69, 9.17) is 5.73 Å². The van der Waals surface area contributed by atoms with Crippen LogP contribution in [0.5, 0.6) is 0 Å². The minimum Gasteiger partial charge on any atom is -0.370 e. The Balaban J connectivity index is 2.00. The van der Waals surface area contributed by atoms with Crippen LogP contribution in [0.25, 0.3) is 0 Å². The number of thiophene rings is 1. The Morgan fingerprint density at radius 2 is 2.38 bits per heavy atom. The molecule has 1 aliphatic heterocycles. The number of hydrogen-bond donors (Lipinski definition) is 3. The van der Waals surface area contributed by atoms with Gasteiger partial charge >= 0.3 is 0 Å². The van der Waals surface area contributed by atoms with Crippen molar-refractivity contribution in [3.05, 3.63) is 21.9 Å². The summed E-state index contributed by atoms with van der Waals surface area (Å²) >= 11 is 1.75. The maximum atomic E-state index is 5.61. The van der Waals surface area contributed by atoms with Crippen LogP contribution in [0, 0.1) is 6.92 Å². The van der Waals surface area contributed by atoms with Crippen LogP contribution in [-0.4, -0.2) is 18.1 Å². The summed E-state index contributed by atoms with van der Waals surface area (Å²) < 4.78 is 0. The van der Waals surface area contributed by atoms with Crippen molar-refractivity contribution in [2.75, 3.05) is 0 Å². The summed E-state index contributed by atoms with van der Waals surface area (Å²) in [6.07, 6.45) is -0.0231. The van der Waals surface area contributed by atoms with Crippen molar-refractivity contribution in [2.45, 2.75) is 26.6 Å². The molecule has 0 spiro atoms. The summed E-state index contributed by atoms with van der Waals surface area (Å²) in [7, 11) is 0. The molecule has 86 valence electrons. The monoisotopic (exact) mass is 237 g/mol. The molecule has 1 aliphatic rings. The van der Waals surface area contributed by atoms with E-state index in [9.17, 15) is 0 Å². The van der Waals surface area contributed by atoms with Gasteiger partial charge in [-0.25, -0.2) is 9.98 Å². The topological polar surface area (TPSA) is 74.8 Å². The van der Waals surface area contributed by atoms with E-state index in [1.165, 1.54) is 9.75 Å². The number of nitrogens with two attached hydrogens (primary N) is 1. The van der Waals surface area contributed by atoms with Gasteiger partial charge in [0.2, 0.25) is 0 Å². The second-order valence-electron chi connectivity index (χ2n) is 3.64. The number of aryl methyl sites for hydroxylation is 1. The first-order valence-electron chi connectivity index (χ1n) is 5.10. The van der Waals surface area contributed by atoms with Crippen LogP contribution >= 0.6 is 11.3 Å². The number of rotatable bonds is 2. The lowest BCUT2D eigenvalue weighted by atomic mass is 10.4. The highest BCUT2D eigenvalue weighted by Crippen LogP contribution is 2.15. The van der Waals surface area contributed by atoms with Crippen LogP contribution in [0.4, 0.5) is 0 Å². The van der Waals surface area contributed by atoms with Crippen LogP contribution in [-0.2, 0) is 6.54 Å². The zero-order valence-corrected chi connectivity index (χ0v) is 10.1. The van der Waals surface area contributed by atoms with Gasteiger partial charge in [0.05, 0.1) is 6.54 Å². The van der Waals surface area contributed by atoms with Crippen molar-refractivity contribution in [1.29, 1.82) is 0 Å². The minimum absolute atomic E-state index is 0.0231. The van der Waals surface area contributed by atoms with Crippen molar-refractivity contribution in [1.82, 2.24) is 10.6 Å². The van der Waals surface area contributed by atoms with E-state index < -0.39 is 0 Å². The third kappa shape index (κ3) is 2.73. The average molecular weight is 237 g/mol. The summed E-state index contributed by atoms with van der Waals surface area (Å²) in [5, 5.41) is 5.99. The van der Waals surface area contributed by atoms with Crippen LogP contribution in [0.3, 0.4) is 0 Å². The molecule has 2 rings (SSSR count). The lowest BCUT2D eigenvalue weighted by molar-refractivity contribution is 0.664. The molecule has 6 heteroatoms. The lowest BCUT2D eigenvalue weighted by Gasteiger charge is -2.20. The van der Waals surface area contributed by atoms with E-state index in [1.807, 2.05) is 6.92 Å². The molecule has 0 radical (unpaired) electrons. The van der Waals surface area contributed by atoms with Gasteiger partial charge in [0.25, 0.3) is 0 Å². The van der Waals surface area contributed by atoms with Gasteiger partial charge in [0.15, 0.2) is 11.9 Å². The van der Waals surface area contributed by atoms with E-state index >= 15 is 0 Å². The molecular formula is C10H15N5S. The van der Waals surface area contributed by atoms with E-state index in [0.29, 0.717) is 18.5 Å². The predicted molar refractivity (Wildman–Crippen MR) is 67.6 cm³/mol. The number of guanidine groups is 2. The highest BCUT2D eigenvalue weighted by molar-refractivity contribution is 7.11. The predicted octanol–water partition coefficient (Wildman–Crippen LogP) is 0.766. The molecule has 0 bridgehead atoms. The van der Waals surface area contributed by atoms with Crippen molar-refractivity contribution in [3.8, 4) is 0 Å². The molecule has 1 unspecified atom stereocenters. The number of hydrogen-bond acceptors (Lipinski definition) is 4. The molecule has 5 nitrogen and oxygen atoms in total. The van der Waals surface area contributed by atoms with Crippen molar-refractivity contribution < 1.29 is 0 Å². The fourth-order valence-corrected chi connectivity index (χ4v) is 2.26. The Morgan fingerprint density at radius 1 is 1.56 bits per heavy atom. The zero-order chi connectivity index (χ0) is 11.5. The fraction of sp³-hybridized carbons (Fsp3) is 0.400. The molecule has 0 aromatic carbocycles. The SMILES string of the molecule is Cc1ccc(CN=C2NC(N)=NC(C)N2)s1. The molecule has 2 heterocycles. The van der Waals surface area contributed by atoms with Gasteiger partial charge in [-0.1, -0.05) is 0 Å². The van der Waals surface area contributed by atoms with Gasteiger partial charge in [-0.15, -0.1) is 11.3 Å². The number of nitrogens with zero attached hydrogens (tertiary/aromatic N) is 2. The molecule has 0 amide bonds. The second kappa shape index (κ2) is 4.52. The first kappa shape index (κ1) is 10.9. The van der Waals surface area contributed by atoms with Gasteiger partial charge in [-0.3, -0.25) is 5.32 Å². The van der Waals surface area contributed by atoms with Crippen LogP contribution in [0.2, 0.25) is 0 Å². The molecule has 0 fully saturated rings. The first-order chi connectivity index (χ1) is 7.63. The maximum Gasteiger partial charge on any atom is 0.200 e. The number of nitrogens with one attached hydrogen (secondary N) is 2. The third-order valence-electron chi connectivity index (χ3n) is 2.11. The van der Waals surface area contributed by atoms with Gasteiger partial charge in [-0.2, -0.15) is 0 Å². The third-order valence-corrected chi connectivity index (χ3v) is 3.10. The molecule has 16 heavy (non-hydrogen) atoms. The van der Waals surface area contributed by atoms with Gasteiger partial charge in [0.1, 0.15) is 6.17 Å². The van der Waals surface area contributed by atoms with Crippen LogP contribution in [0.15, 0.2) is 22.1 Å². The molecule has 4 N–H and O–H groups in total. The fourth-order valence-electron chi connectivity index (χ4n) is 1.44. The summed E-state index contributed by atoms with van der Waals surface area (Å²) in [5.41, 5.74) is 5.61. The quantitative estimate of drug-likeness (QED) is 0.711. The minimum atomic E-state index is -0.0231. The average Bonchev–Trinajstić information content (AvgIpc) is 2.60. The van der Waals surface area contributed by atoms with E-state index in [2.05, 4.69) is 39.7 Å². The Morgan fingerprint density at radius 3 is 3.00 bits per heavy atom. The maximum absolute atomic E-state index is 5.61. The van der Waals surface area contributed by atoms with E-state index in [0.717, 1.165) is 0 Å². The lowest BCUT2D eigenvalue weighted by Crippen LogP contribution is -2.52. The molecule has 0 saturated carbocycles. The molecule has 0 aliphatic carbocycles. The largest absolute Gasteiger partial charge is 0.370 e. The molecule has 0 saturated heterocycles.